The lowest BCUT2D eigenvalue weighted by Crippen LogP contribution is -2.55. The quantitative estimate of drug-likeness (QED) is 0.863. The summed E-state index contributed by atoms with van der Waals surface area (Å²) in [5.74, 6) is 0.825. The summed E-state index contributed by atoms with van der Waals surface area (Å²) in [6.07, 6.45) is 8.74. The molecule has 1 N–H and O–H groups in total. The van der Waals surface area contributed by atoms with E-state index in [-0.39, 0.29) is 11.6 Å². The number of carbonyl (C=O) groups is 1. The topological polar surface area (TPSA) is 35.6 Å². The number of hydrogen-bond acceptors (Lipinski definition) is 2. The molecule has 4 heteroatoms. The van der Waals surface area contributed by atoms with Gasteiger partial charge in [0.1, 0.15) is 0 Å². The van der Waals surface area contributed by atoms with Gasteiger partial charge in [-0.1, -0.05) is 13.3 Å². The molecule has 22 heavy (non-hydrogen) atoms. The molecule has 2 rings (SSSR count). The Hall–Kier alpha value is -0.770. The Morgan fingerprint density at radius 3 is 2.32 bits per heavy atom. The zero-order chi connectivity index (χ0) is 16.2. The molecule has 1 saturated carbocycles. The minimum Gasteiger partial charge on any atom is -0.336 e. The molecule has 0 aromatic rings. The summed E-state index contributed by atoms with van der Waals surface area (Å²) in [6, 6.07) is 0.527. The van der Waals surface area contributed by atoms with E-state index in [1.54, 1.807) is 0 Å². The maximum atomic E-state index is 12.4. The first-order valence-electron chi connectivity index (χ1n) is 9.16. The SMILES string of the molecule is CC1CCC(N(C)C(=O)NCC(C)(C)N2CCCCC2)CC1. The van der Waals surface area contributed by atoms with Crippen molar-refractivity contribution in [1.82, 2.24) is 15.1 Å². The molecule has 0 spiro atoms. The number of nitrogens with one attached hydrogen (secondary N) is 1. The second-order valence-corrected chi connectivity index (χ2v) is 8.04. The summed E-state index contributed by atoms with van der Waals surface area (Å²) in [7, 11) is 1.96. The Balaban J connectivity index is 1.78. The van der Waals surface area contributed by atoms with Crippen LogP contribution in [0.4, 0.5) is 4.79 Å². The van der Waals surface area contributed by atoms with Gasteiger partial charge >= 0.3 is 6.03 Å². The Morgan fingerprint density at radius 2 is 1.73 bits per heavy atom. The number of carbonyl (C=O) groups excluding carboxylic acids is 1. The van der Waals surface area contributed by atoms with Gasteiger partial charge < -0.3 is 10.2 Å². The number of urea groups is 1. The fraction of sp³-hybridized carbons (Fsp3) is 0.944. The first-order valence-corrected chi connectivity index (χ1v) is 9.16. The van der Waals surface area contributed by atoms with Crippen molar-refractivity contribution in [2.45, 2.75) is 77.3 Å². The summed E-state index contributed by atoms with van der Waals surface area (Å²) >= 11 is 0. The molecule has 0 radical (unpaired) electrons. The van der Waals surface area contributed by atoms with Crippen molar-refractivity contribution in [2.24, 2.45) is 5.92 Å². The number of hydrogen-bond donors (Lipinski definition) is 1. The molecule has 2 aliphatic rings. The molecule has 1 heterocycles. The van der Waals surface area contributed by atoms with Crippen molar-refractivity contribution in [2.75, 3.05) is 26.7 Å². The number of nitrogens with zero attached hydrogens (tertiary/aromatic N) is 2. The minimum atomic E-state index is 0.0536. The van der Waals surface area contributed by atoms with E-state index in [9.17, 15) is 4.79 Å². The molecule has 2 amide bonds. The standard InChI is InChI=1S/C18H35N3O/c1-15-8-10-16(11-9-15)20(4)17(22)19-14-18(2,3)21-12-6-5-7-13-21/h15-16H,5-14H2,1-4H3,(H,19,22). The van der Waals surface area contributed by atoms with Gasteiger partial charge in [0.2, 0.25) is 0 Å². The molecule has 0 bridgehead atoms. The van der Waals surface area contributed by atoms with E-state index in [4.69, 9.17) is 0 Å². The van der Waals surface area contributed by atoms with Crippen LogP contribution in [0, 0.1) is 5.92 Å². The molecule has 0 aromatic carbocycles. The first kappa shape index (κ1) is 17.6. The smallest absolute Gasteiger partial charge is 0.317 e. The van der Waals surface area contributed by atoms with Crippen molar-refractivity contribution < 1.29 is 4.79 Å². The molecule has 0 unspecified atom stereocenters. The maximum absolute atomic E-state index is 12.4. The predicted molar refractivity (Wildman–Crippen MR) is 92.1 cm³/mol. The van der Waals surface area contributed by atoms with Crippen LogP contribution in [0.1, 0.15) is 65.7 Å². The van der Waals surface area contributed by atoms with Crippen LogP contribution in [-0.2, 0) is 0 Å². The zero-order valence-electron chi connectivity index (χ0n) is 15.0. The Labute approximate surface area is 136 Å². The van der Waals surface area contributed by atoms with E-state index in [2.05, 4.69) is 31.0 Å². The lowest BCUT2D eigenvalue weighted by Gasteiger charge is -2.41. The largest absolute Gasteiger partial charge is 0.336 e. The van der Waals surface area contributed by atoms with Gasteiger partial charge in [0.05, 0.1) is 0 Å². The van der Waals surface area contributed by atoms with Gasteiger partial charge in [-0.2, -0.15) is 0 Å². The van der Waals surface area contributed by atoms with Gasteiger partial charge in [-0.25, -0.2) is 4.79 Å². The van der Waals surface area contributed by atoms with Crippen molar-refractivity contribution in [3.63, 3.8) is 0 Å². The lowest BCUT2D eigenvalue weighted by molar-refractivity contribution is 0.0924. The summed E-state index contributed by atoms with van der Waals surface area (Å²) in [6.45, 7) is 9.89. The van der Waals surface area contributed by atoms with Gasteiger partial charge in [0.15, 0.2) is 0 Å². The van der Waals surface area contributed by atoms with Crippen molar-refractivity contribution in [3.8, 4) is 0 Å². The summed E-state index contributed by atoms with van der Waals surface area (Å²) in [4.78, 5) is 16.9. The van der Waals surface area contributed by atoms with Gasteiger partial charge in [0, 0.05) is 25.2 Å². The first-order chi connectivity index (χ1) is 10.4. The Morgan fingerprint density at radius 1 is 1.14 bits per heavy atom. The molecule has 4 nitrogen and oxygen atoms in total. The number of amides is 2. The highest BCUT2D eigenvalue weighted by Crippen LogP contribution is 2.26. The van der Waals surface area contributed by atoms with E-state index >= 15 is 0 Å². The van der Waals surface area contributed by atoms with E-state index < -0.39 is 0 Å². The average Bonchev–Trinajstić information content (AvgIpc) is 2.53. The number of likely N-dealkylation sites (tertiary alicyclic amines) is 1. The fourth-order valence-corrected chi connectivity index (χ4v) is 3.82. The van der Waals surface area contributed by atoms with Gasteiger partial charge in [-0.15, -0.1) is 0 Å². The molecule has 0 aromatic heterocycles. The second kappa shape index (κ2) is 7.67. The summed E-state index contributed by atoms with van der Waals surface area (Å²) < 4.78 is 0. The molecular formula is C18H35N3O. The average molecular weight is 309 g/mol. The highest BCUT2D eigenvalue weighted by atomic mass is 16.2. The molecular weight excluding hydrogens is 274 g/mol. The van der Waals surface area contributed by atoms with E-state index in [0.29, 0.717) is 6.04 Å². The van der Waals surface area contributed by atoms with Gasteiger partial charge in [0.25, 0.3) is 0 Å². The van der Waals surface area contributed by atoms with Crippen LogP contribution in [-0.4, -0.2) is 54.1 Å². The monoisotopic (exact) mass is 309 g/mol. The predicted octanol–water partition coefficient (Wildman–Crippen LogP) is 3.47. The van der Waals surface area contributed by atoms with Crippen LogP contribution in [0.15, 0.2) is 0 Å². The van der Waals surface area contributed by atoms with Crippen LogP contribution < -0.4 is 5.32 Å². The van der Waals surface area contributed by atoms with Crippen LogP contribution in [0.5, 0.6) is 0 Å². The minimum absolute atomic E-state index is 0.0536. The van der Waals surface area contributed by atoms with Crippen LogP contribution in [0.3, 0.4) is 0 Å². The van der Waals surface area contributed by atoms with Crippen molar-refractivity contribution >= 4 is 6.03 Å². The summed E-state index contributed by atoms with van der Waals surface area (Å²) in [5, 5.41) is 3.17. The third-order valence-electron chi connectivity index (χ3n) is 5.74. The molecule has 1 aliphatic carbocycles. The van der Waals surface area contributed by atoms with Gasteiger partial charge in [-0.05, 0) is 71.4 Å². The molecule has 1 saturated heterocycles. The Kier molecular flexibility index (Phi) is 6.13. The fourth-order valence-electron chi connectivity index (χ4n) is 3.82. The van der Waals surface area contributed by atoms with Crippen LogP contribution in [0.25, 0.3) is 0 Å². The molecule has 0 atom stereocenters. The van der Waals surface area contributed by atoms with E-state index in [1.807, 2.05) is 11.9 Å². The van der Waals surface area contributed by atoms with E-state index in [0.717, 1.165) is 25.3 Å². The highest BCUT2D eigenvalue weighted by Gasteiger charge is 2.30. The molecule has 1 aliphatic heterocycles. The third kappa shape index (κ3) is 4.61. The zero-order valence-corrected chi connectivity index (χ0v) is 15.0. The highest BCUT2D eigenvalue weighted by molar-refractivity contribution is 5.74. The van der Waals surface area contributed by atoms with E-state index in [1.165, 1.54) is 45.2 Å². The Bertz CT molecular complexity index is 355. The third-order valence-corrected chi connectivity index (χ3v) is 5.74. The van der Waals surface area contributed by atoms with Crippen molar-refractivity contribution in [3.05, 3.63) is 0 Å². The van der Waals surface area contributed by atoms with Crippen molar-refractivity contribution in [1.29, 1.82) is 0 Å². The van der Waals surface area contributed by atoms with Crippen LogP contribution in [0.2, 0.25) is 0 Å². The maximum Gasteiger partial charge on any atom is 0.317 e. The number of rotatable bonds is 4. The molecule has 2 fully saturated rings. The second-order valence-electron chi connectivity index (χ2n) is 8.04. The normalized spacial score (nSPS) is 27.5. The molecule has 128 valence electrons. The van der Waals surface area contributed by atoms with Crippen LogP contribution >= 0.6 is 0 Å². The van der Waals surface area contributed by atoms with Gasteiger partial charge in [-0.3, -0.25) is 4.90 Å². The number of piperidine rings is 1. The lowest BCUT2D eigenvalue weighted by atomic mass is 9.87. The summed E-state index contributed by atoms with van der Waals surface area (Å²) in [5.41, 5.74) is 0.0536.